The Kier molecular flexibility index (Phi) is 8.44. The molecule has 0 bridgehead atoms. The van der Waals surface area contributed by atoms with E-state index in [-0.39, 0.29) is 6.42 Å². The van der Waals surface area contributed by atoms with Gasteiger partial charge >= 0.3 is 5.97 Å². The average Bonchev–Trinajstić information content (AvgIpc) is 2.77. The SMILES string of the molecule is COCCN(CCOC)CCc1nc(C)c(CC(=O)O)s1. The lowest BCUT2D eigenvalue weighted by atomic mass is 10.3. The van der Waals surface area contributed by atoms with Crippen molar-refractivity contribution >= 4 is 17.3 Å². The number of nitrogens with zero attached hydrogens (tertiary/aromatic N) is 2. The summed E-state index contributed by atoms with van der Waals surface area (Å²) in [4.78, 5) is 18.3. The number of methoxy groups -OCH3 is 2. The molecule has 1 N–H and O–H groups in total. The highest BCUT2D eigenvalue weighted by molar-refractivity contribution is 7.11. The van der Waals surface area contributed by atoms with Crippen LogP contribution in [0, 0.1) is 6.92 Å². The van der Waals surface area contributed by atoms with Crippen molar-refractivity contribution in [3.63, 3.8) is 0 Å². The Morgan fingerprint density at radius 1 is 1.24 bits per heavy atom. The molecule has 0 aromatic carbocycles. The second-order valence-corrected chi connectivity index (χ2v) is 5.93. The first-order valence-corrected chi connectivity index (χ1v) is 7.75. The van der Waals surface area contributed by atoms with E-state index in [1.54, 1.807) is 14.2 Å². The van der Waals surface area contributed by atoms with Crippen molar-refractivity contribution in [3.05, 3.63) is 15.6 Å². The Bertz CT molecular complexity index is 429. The van der Waals surface area contributed by atoms with Crippen LogP contribution in [0.1, 0.15) is 15.6 Å². The van der Waals surface area contributed by atoms with Crippen LogP contribution in [0.4, 0.5) is 0 Å². The summed E-state index contributed by atoms with van der Waals surface area (Å²) in [5.41, 5.74) is 0.831. The predicted molar refractivity (Wildman–Crippen MR) is 82.1 cm³/mol. The molecule has 1 aromatic heterocycles. The lowest BCUT2D eigenvalue weighted by molar-refractivity contribution is -0.136. The predicted octanol–water partition coefficient (Wildman–Crippen LogP) is 1.22. The van der Waals surface area contributed by atoms with Gasteiger partial charge in [0.2, 0.25) is 0 Å². The van der Waals surface area contributed by atoms with Crippen molar-refractivity contribution in [3.8, 4) is 0 Å². The highest BCUT2D eigenvalue weighted by Crippen LogP contribution is 2.19. The fourth-order valence-corrected chi connectivity index (χ4v) is 2.98. The number of aromatic nitrogens is 1. The molecule has 1 rings (SSSR count). The summed E-state index contributed by atoms with van der Waals surface area (Å²) in [7, 11) is 3.38. The van der Waals surface area contributed by atoms with E-state index < -0.39 is 5.97 Å². The van der Waals surface area contributed by atoms with Gasteiger partial charge < -0.3 is 14.6 Å². The summed E-state index contributed by atoms with van der Waals surface area (Å²) in [6.45, 7) is 5.81. The molecule has 0 amide bonds. The van der Waals surface area contributed by atoms with E-state index in [9.17, 15) is 4.79 Å². The fourth-order valence-electron chi connectivity index (χ4n) is 1.93. The molecule has 0 aliphatic heterocycles. The number of rotatable bonds is 11. The number of hydrogen-bond donors (Lipinski definition) is 1. The molecule has 0 unspecified atom stereocenters. The Morgan fingerprint density at radius 3 is 2.38 bits per heavy atom. The Morgan fingerprint density at radius 2 is 1.86 bits per heavy atom. The van der Waals surface area contributed by atoms with Crippen LogP contribution in [0.25, 0.3) is 0 Å². The van der Waals surface area contributed by atoms with Gasteiger partial charge in [-0.15, -0.1) is 11.3 Å². The summed E-state index contributed by atoms with van der Waals surface area (Å²) >= 11 is 1.50. The Balaban J connectivity index is 2.51. The number of carbonyl (C=O) groups is 1. The van der Waals surface area contributed by atoms with Crippen molar-refractivity contribution in [2.75, 3.05) is 47.1 Å². The number of carboxylic acids is 1. The van der Waals surface area contributed by atoms with Crippen molar-refractivity contribution in [1.82, 2.24) is 9.88 Å². The van der Waals surface area contributed by atoms with Crippen LogP contribution in [-0.4, -0.2) is 68.0 Å². The number of ether oxygens (including phenoxy) is 2. The highest BCUT2D eigenvalue weighted by atomic mass is 32.1. The first-order valence-electron chi connectivity index (χ1n) is 6.94. The third kappa shape index (κ3) is 6.99. The minimum atomic E-state index is -0.810. The topological polar surface area (TPSA) is 71.9 Å². The highest BCUT2D eigenvalue weighted by Gasteiger charge is 2.12. The number of hydrogen-bond acceptors (Lipinski definition) is 6. The van der Waals surface area contributed by atoms with Gasteiger partial charge in [0.1, 0.15) is 0 Å². The molecular formula is C14H24N2O4S. The molecule has 21 heavy (non-hydrogen) atoms. The maximum atomic E-state index is 10.8. The standard InChI is InChI=1S/C14H24N2O4S/c1-11-12(10-14(17)18)21-13(15-11)4-5-16(6-8-19-2)7-9-20-3/h4-10H2,1-3H3,(H,17,18). The minimum absolute atomic E-state index is 0.0561. The molecule has 0 aliphatic rings. The van der Waals surface area contributed by atoms with Crippen molar-refractivity contribution < 1.29 is 19.4 Å². The maximum Gasteiger partial charge on any atom is 0.308 e. The molecule has 0 spiro atoms. The molecule has 0 saturated carbocycles. The zero-order chi connectivity index (χ0) is 15.7. The zero-order valence-electron chi connectivity index (χ0n) is 12.9. The molecule has 0 radical (unpaired) electrons. The summed E-state index contributed by atoms with van der Waals surface area (Å²) in [6.07, 6.45) is 0.874. The van der Waals surface area contributed by atoms with Crippen LogP contribution < -0.4 is 0 Å². The number of aliphatic carboxylic acids is 1. The smallest absolute Gasteiger partial charge is 0.308 e. The molecule has 6 nitrogen and oxygen atoms in total. The summed E-state index contributed by atoms with van der Waals surface area (Å²) < 4.78 is 10.2. The van der Waals surface area contributed by atoms with Crippen LogP contribution >= 0.6 is 11.3 Å². The number of carboxylic acid groups (broad SMARTS) is 1. The van der Waals surface area contributed by atoms with Crippen LogP contribution in [0.2, 0.25) is 0 Å². The molecule has 1 heterocycles. The van der Waals surface area contributed by atoms with Crippen LogP contribution in [-0.2, 0) is 27.1 Å². The lowest BCUT2D eigenvalue weighted by Gasteiger charge is -2.20. The largest absolute Gasteiger partial charge is 0.481 e. The summed E-state index contributed by atoms with van der Waals surface area (Å²) in [6, 6.07) is 0. The average molecular weight is 316 g/mol. The Hall–Kier alpha value is -1.02. The third-order valence-corrected chi connectivity index (χ3v) is 4.33. The fraction of sp³-hybridized carbons (Fsp3) is 0.714. The molecular weight excluding hydrogens is 292 g/mol. The second-order valence-electron chi connectivity index (χ2n) is 4.76. The molecule has 1 aromatic rings. The van der Waals surface area contributed by atoms with Gasteiger partial charge in [-0.2, -0.15) is 0 Å². The maximum absolute atomic E-state index is 10.8. The van der Waals surface area contributed by atoms with E-state index in [1.165, 1.54) is 11.3 Å². The first kappa shape index (κ1) is 18.0. The van der Waals surface area contributed by atoms with Gasteiger partial charge in [0.05, 0.1) is 30.3 Å². The molecule has 7 heteroatoms. The van der Waals surface area contributed by atoms with Crippen LogP contribution in [0.3, 0.4) is 0 Å². The van der Waals surface area contributed by atoms with Gasteiger partial charge in [-0.05, 0) is 6.92 Å². The molecule has 0 atom stereocenters. The van der Waals surface area contributed by atoms with Crippen molar-refractivity contribution in [2.45, 2.75) is 19.8 Å². The monoisotopic (exact) mass is 316 g/mol. The van der Waals surface area contributed by atoms with Gasteiger partial charge in [0.25, 0.3) is 0 Å². The molecule has 0 fully saturated rings. The summed E-state index contributed by atoms with van der Waals surface area (Å²) in [5, 5.41) is 9.85. The van der Waals surface area contributed by atoms with Gasteiger partial charge in [0, 0.05) is 45.2 Å². The van der Waals surface area contributed by atoms with Crippen molar-refractivity contribution in [2.24, 2.45) is 0 Å². The van der Waals surface area contributed by atoms with E-state index >= 15 is 0 Å². The third-order valence-electron chi connectivity index (χ3n) is 3.11. The van der Waals surface area contributed by atoms with E-state index in [0.717, 1.165) is 41.6 Å². The van der Waals surface area contributed by atoms with Crippen LogP contribution in [0.5, 0.6) is 0 Å². The second kappa shape index (κ2) is 9.83. The molecule has 120 valence electrons. The number of thiazole rings is 1. The Labute approximate surface area is 129 Å². The normalized spacial score (nSPS) is 11.2. The first-order chi connectivity index (χ1) is 10.1. The van der Waals surface area contributed by atoms with E-state index in [4.69, 9.17) is 14.6 Å². The van der Waals surface area contributed by atoms with E-state index in [2.05, 4.69) is 9.88 Å². The van der Waals surface area contributed by atoms with Gasteiger partial charge in [0.15, 0.2) is 0 Å². The van der Waals surface area contributed by atoms with Crippen molar-refractivity contribution in [1.29, 1.82) is 0 Å². The lowest BCUT2D eigenvalue weighted by Crippen LogP contribution is -2.32. The van der Waals surface area contributed by atoms with E-state index in [1.807, 2.05) is 6.92 Å². The summed E-state index contributed by atoms with van der Waals surface area (Å²) in [5.74, 6) is -0.810. The number of aryl methyl sites for hydroxylation is 1. The van der Waals surface area contributed by atoms with Gasteiger partial charge in [-0.25, -0.2) is 4.98 Å². The van der Waals surface area contributed by atoms with E-state index in [0.29, 0.717) is 13.2 Å². The zero-order valence-corrected chi connectivity index (χ0v) is 13.7. The molecule has 0 aliphatic carbocycles. The van der Waals surface area contributed by atoms with Gasteiger partial charge in [-0.3, -0.25) is 9.69 Å². The minimum Gasteiger partial charge on any atom is -0.481 e. The van der Waals surface area contributed by atoms with Crippen LogP contribution in [0.15, 0.2) is 0 Å². The van der Waals surface area contributed by atoms with Gasteiger partial charge in [-0.1, -0.05) is 0 Å². The molecule has 0 saturated heterocycles. The quantitative estimate of drug-likeness (QED) is 0.662.